The molecule has 9 nitrogen and oxygen atoms in total. The van der Waals surface area contributed by atoms with Crippen molar-refractivity contribution in [1.82, 2.24) is 15.4 Å². The Morgan fingerprint density at radius 2 is 1.97 bits per heavy atom. The molecule has 0 spiro atoms. The Morgan fingerprint density at radius 1 is 1.31 bits per heavy atom. The van der Waals surface area contributed by atoms with Gasteiger partial charge in [0.15, 0.2) is 11.4 Å². The molecule has 3 rings (SSSR count). The fraction of sp³-hybridized carbons (Fsp3) is 0.409. The zero-order chi connectivity index (χ0) is 27.0. The van der Waals surface area contributed by atoms with E-state index in [0.29, 0.717) is 0 Å². The van der Waals surface area contributed by atoms with Crippen LogP contribution < -0.4 is 16.9 Å². The molecular weight excluding hydrogens is 508 g/mol. The number of halogens is 5. The Bertz CT molecular complexity index is 1200. The Labute approximate surface area is 208 Å². The van der Waals surface area contributed by atoms with Gasteiger partial charge < -0.3 is 21.3 Å². The van der Waals surface area contributed by atoms with Gasteiger partial charge in [-0.1, -0.05) is 11.6 Å². The third-order valence-electron chi connectivity index (χ3n) is 5.82. The maximum Gasteiger partial charge on any atom is 0.255 e. The summed E-state index contributed by atoms with van der Waals surface area (Å²) in [6, 6.07) is 2.20. The van der Waals surface area contributed by atoms with E-state index in [2.05, 4.69) is 15.4 Å². The van der Waals surface area contributed by atoms with E-state index in [1.54, 1.807) is 0 Å². The van der Waals surface area contributed by atoms with Crippen LogP contribution >= 0.6 is 11.6 Å². The fourth-order valence-corrected chi connectivity index (χ4v) is 4.15. The lowest BCUT2D eigenvalue weighted by Crippen LogP contribution is -2.59. The van der Waals surface area contributed by atoms with Gasteiger partial charge in [-0.3, -0.25) is 9.78 Å². The van der Waals surface area contributed by atoms with Gasteiger partial charge in [0, 0.05) is 36.7 Å². The van der Waals surface area contributed by atoms with E-state index in [4.69, 9.17) is 23.2 Å². The van der Waals surface area contributed by atoms with Crippen LogP contribution in [0.4, 0.5) is 17.6 Å². The summed E-state index contributed by atoms with van der Waals surface area (Å²) in [5.74, 6) is -0.975. The summed E-state index contributed by atoms with van der Waals surface area (Å²) < 4.78 is 56.7. The number of nitrogens with one attached hydrogen (secondary N) is 1. The smallest absolute Gasteiger partial charge is 0.255 e. The summed E-state index contributed by atoms with van der Waals surface area (Å²) in [5, 5.41) is 27.4. The topological polar surface area (TPSA) is 150 Å². The molecule has 0 aliphatic heterocycles. The number of pyridine rings is 1. The third-order valence-corrected chi connectivity index (χ3v) is 6.04. The quantitative estimate of drug-likeness (QED) is 0.126. The van der Waals surface area contributed by atoms with Gasteiger partial charge in [0.05, 0.1) is 23.4 Å². The second kappa shape index (κ2) is 10.2. The predicted octanol–water partition coefficient (Wildman–Crippen LogP) is 2.19. The van der Waals surface area contributed by atoms with E-state index in [1.165, 1.54) is 26.2 Å². The summed E-state index contributed by atoms with van der Waals surface area (Å²) in [5.41, 5.74) is 3.08. The summed E-state index contributed by atoms with van der Waals surface area (Å²) >= 11 is 5.97. The van der Waals surface area contributed by atoms with Crippen LogP contribution in [0.2, 0.25) is 5.02 Å². The number of amides is 1. The lowest BCUT2D eigenvalue weighted by atomic mass is 9.79. The molecular formula is C22H25ClF4N6O3. The van der Waals surface area contributed by atoms with Gasteiger partial charge in [-0.2, -0.15) is 0 Å². The van der Waals surface area contributed by atoms with Gasteiger partial charge in [0.25, 0.3) is 11.8 Å². The molecule has 1 heterocycles. The van der Waals surface area contributed by atoms with Crippen molar-refractivity contribution < 1.29 is 32.6 Å². The van der Waals surface area contributed by atoms with Crippen molar-refractivity contribution in [2.75, 3.05) is 7.05 Å². The number of hydrazone groups is 1. The Kier molecular flexibility index (Phi) is 7.79. The maximum absolute atomic E-state index is 15.1. The van der Waals surface area contributed by atoms with Crippen LogP contribution in [0.25, 0.3) is 11.1 Å². The molecule has 1 aliphatic rings. The Morgan fingerprint density at radius 3 is 2.56 bits per heavy atom. The number of aliphatic hydroxyl groups excluding tert-OH is 1. The molecule has 36 heavy (non-hydrogen) atoms. The van der Waals surface area contributed by atoms with Crippen LogP contribution in [0.15, 0.2) is 29.5 Å². The van der Waals surface area contributed by atoms with Crippen LogP contribution in [0.5, 0.6) is 0 Å². The average Bonchev–Trinajstić information content (AvgIpc) is 2.74. The average molecular weight is 533 g/mol. The van der Waals surface area contributed by atoms with Crippen LogP contribution in [0, 0.1) is 11.6 Å². The second-order valence-corrected chi connectivity index (χ2v) is 9.09. The molecule has 1 fully saturated rings. The summed E-state index contributed by atoms with van der Waals surface area (Å²) in [6.45, 7) is 1.35. The molecule has 0 bridgehead atoms. The Hall–Kier alpha value is -3.00. The number of hydrazine groups is 1. The van der Waals surface area contributed by atoms with Gasteiger partial charge in [-0.25, -0.2) is 28.5 Å². The van der Waals surface area contributed by atoms with Crippen molar-refractivity contribution in [3.8, 4) is 11.1 Å². The number of carbonyl (C=O) groups is 1. The highest BCUT2D eigenvalue weighted by atomic mass is 35.5. The van der Waals surface area contributed by atoms with Gasteiger partial charge in [0.1, 0.15) is 11.6 Å². The number of rotatable bonds is 6. The lowest BCUT2D eigenvalue weighted by molar-refractivity contribution is -0.184. The van der Waals surface area contributed by atoms with Gasteiger partial charge >= 0.3 is 0 Å². The van der Waals surface area contributed by atoms with Crippen molar-refractivity contribution in [3.63, 3.8) is 0 Å². The minimum atomic E-state index is -3.21. The zero-order valence-corrected chi connectivity index (χ0v) is 20.0. The van der Waals surface area contributed by atoms with Gasteiger partial charge in [0.2, 0.25) is 0 Å². The van der Waals surface area contributed by atoms with Crippen molar-refractivity contribution >= 4 is 23.3 Å². The van der Waals surface area contributed by atoms with Crippen LogP contribution in [-0.2, 0) is 4.79 Å². The summed E-state index contributed by atoms with van der Waals surface area (Å²) in [4.78, 5) is 16.6. The standard InChI is InChI=1S/C22H25ClF4N6O3/c1-10(31-20(35)22(36)4-3-21(26,27)8-16(22)34)18-15(25)5-11(9-30-18)13-6-12(23)7-14(24)17(13)19(28)32-33(2)29/h5-7,9-10,16,34,36H,3-4,8,29H2,1-2H3,(H2,28,32)(H,31,35). The highest BCUT2D eigenvalue weighted by Gasteiger charge is 2.53. The molecule has 0 saturated heterocycles. The minimum absolute atomic E-state index is 0.00451. The molecule has 0 radical (unpaired) electrons. The number of nitrogens with zero attached hydrogens (tertiary/aromatic N) is 3. The lowest BCUT2D eigenvalue weighted by Gasteiger charge is -2.39. The van der Waals surface area contributed by atoms with Crippen LogP contribution in [-0.4, -0.2) is 56.7 Å². The van der Waals surface area contributed by atoms with E-state index in [1.807, 2.05) is 0 Å². The van der Waals surface area contributed by atoms with Crippen molar-refractivity contribution in [3.05, 3.63) is 52.3 Å². The molecule has 1 saturated carbocycles. The van der Waals surface area contributed by atoms with Crippen molar-refractivity contribution in [2.24, 2.45) is 16.7 Å². The Balaban J connectivity index is 1.89. The number of hydrogen-bond donors (Lipinski definition) is 5. The number of amidine groups is 1. The number of aromatic nitrogens is 1. The second-order valence-electron chi connectivity index (χ2n) is 8.66. The highest BCUT2D eigenvalue weighted by Crippen LogP contribution is 2.39. The van der Waals surface area contributed by atoms with E-state index in [9.17, 15) is 28.2 Å². The molecule has 14 heteroatoms. The molecule has 3 unspecified atom stereocenters. The van der Waals surface area contributed by atoms with E-state index >= 15 is 4.39 Å². The summed E-state index contributed by atoms with van der Waals surface area (Å²) in [6.07, 6.45) is -3.39. The molecule has 1 amide bonds. The van der Waals surface area contributed by atoms with E-state index in [-0.39, 0.29) is 33.2 Å². The number of alkyl halides is 2. The largest absolute Gasteiger partial charge is 0.389 e. The predicted molar refractivity (Wildman–Crippen MR) is 124 cm³/mol. The number of carbonyl (C=O) groups excluding carboxylic acids is 1. The highest BCUT2D eigenvalue weighted by molar-refractivity contribution is 6.31. The first kappa shape index (κ1) is 27.6. The van der Waals surface area contributed by atoms with Crippen molar-refractivity contribution in [2.45, 2.75) is 49.9 Å². The number of nitrogens with two attached hydrogens (primary N) is 2. The monoisotopic (exact) mass is 532 g/mol. The van der Waals surface area contributed by atoms with Crippen molar-refractivity contribution in [1.29, 1.82) is 0 Å². The first-order valence-electron chi connectivity index (χ1n) is 10.7. The molecule has 1 aromatic carbocycles. The molecule has 196 valence electrons. The minimum Gasteiger partial charge on any atom is -0.389 e. The summed E-state index contributed by atoms with van der Waals surface area (Å²) in [7, 11) is 1.36. The van der Waals surface area contributed by atoms with Gasteiger partial charge in [-0.15, -0.1) is 5.10 Å². The maximum atomic E-state index is 15.1. The molecule has 1 aromatic heterocycles. The van der Waals surface area contributed by atoms with Crippen LogP contribution in [0.3, 0.4) is 0 Å². The normalized spacial score (nSPS) is 22.7. The molecule has 2 aromatic rings. The number of benzene rings is 1. The van der Waals surface area contributed by atoms with Gasteiger partial charge in [-0.05, 0) is 37.1 Å². The molecule has 1 aliphatic carbocycles. The zero-order valence-electron chi connectivity index (χ0n) is 19.3. The number of hydrogen-bond acceptors (Lipinski definition) is 7. The van der Waals surface area contributed by atoms with E-state index in [0.717, 1.165) is 17.3 Å². The third kappa shape index (κ3) is 5.69. The molecule has 7 N–H and O–H groups in total. The number of aliphatic hydroxyl groups is 2. The first-order chi connectivity index (χ1) is 16.6. The van der Waals surface area contributed by atoms with E-state index < -0.39 is 60.5 Å². The molecule has 3 atom stereocenters. The SMILES string of the molecule is CC(NC(=O)C1(O)CCC(F)(F)CC1O)c1ncc(-c2cc(Cl)cc(F)c2/C(N)=N/N(C)N)cc1F. The van der Waals surface area contributed by atoms with Crippen LogP contribution in [0.1, 0.15) is 43.5 Å². The first-order valence-corrected chi connectivity index (χ1v) is 11.1. The fourth-order valence-electron chi connectivity index (χ4n) is 3.94.